The molecule has 2 atom stereocenters. The van der Waals surface area contributed by atoms with Crippen LogP contribution in [0.1, 0.15) is 6.92 Å². The molecule has 1 fully saturated rings. The van der Waals surface area contributed by atoms with Crippen LogP contribution in [0.2, 0.25) is 0 Å². The smallest absolute Gasteiger partial charge is 0.139 e. The van der Waals surface area contributed by atoms with Crippen LogP contribution in [0.5, 0.6) is 0 Å². The predicted molar refractivity (Wildman–Crippen MR) is 89.7 cm³/mol. The summed E-state index contributed by atoms with van der Waals surface area (Å²) < 4.78 is 19.9. The second kappa shape index (κ2) is 6.48. The lowest BCUT2D eigenvalue weighted by Gasteiger charge is -2.34. The molecule has 0 saturated carbocycles. The van der Waals surface area contributed by atoms with E-state index in [9.17, 15) is 4.39 Å². The van der Waals surface area contributed by atoms with E-state index in [2.05, 4.69) is 45.1 Å². The molecule has 1 aromatic heterocycles. The van der Waals surface area contributed by atoms with Gasteiger partial charge in [0.05, 0.1) is 28.7 Å². The number of morpholine rings is 1. The SMILES string of the molecule is CC(Nc1ccc2cc(Br)c(F)cc2n1)C1CN(C)CCO1. The molecule has 6 heteroatoms. The Balaban J connectivity index is 1.77. The zero-order valence-electron chi connectivity index (χ0n) is 12.6. The van der Waals surface area contributed by atoms with Crippen LogP contribution in [0, 0.1) is 5.82 Å². The second-order valence-electron chi connectivity index (χ2n) is 5.76. The van der Waals surface area contributed by atoms with Crippen molar-refractivity contribution in [1.29, 1.82) is 0 Å². The van der Waals surface area contributed by atoms with Crippen LogP contribution in [0.4, 0.5) is 10.2 Å². The van der Waals surface area contributed by atoms with Gasteiger partial charge in [-0.1, -0.05) is 0 Å². The maximum Gasteiger partial charge on any atom is 0.139 e. The number of nitrogens with one attached hydrogen (secondary N) is 1. The van der Waals surface area contributed by atoms with E-state index in [4.69, 9.17) is 4.74 Å². The van der Waals surface area contributed by atoms with Gasteiger partial charge in [-0.25, -0.2) is 9.37 Å². The van der Waals surface area contributed by atoms with Gasteiger partial charge in [0.25, 0.3) is 0 Å². The number of fused-ring (bicyclic) bond motifs is 1. The summed E-state index contributed by atoms with van der Waals surface area (Å²) in [6.45, 7) is 4.68. The number of likely N-dealkylation sites (N-methyl/N-ethyl adjacent to an activating group) is 1. The van der Waals surface area contributed by atoms with Crippen molar-refractivity contribution >= 4 is 32.7 Å². The number of halogens is 2. The Hall–Kier alpha value is -1.24. The fraction of sp³-hybridized carbons (Fsp3) is 0.438. The third-order valence-corrected chi connectivity index (χ3v) is 4.57. The fourth-order valence-corrected chi connectivity index (χ4v) is 3.00. The Labute approximate surface area is 137 Å². The molecule has 1 aromatic carbocycles. The number of benzene rings is 1. The number of anilines is 1. The molecular formula is C16H19BrFN3O. The summed E-state index contributed by atoms with van der Waals surface area (Å²) in [5.74, 6) is 0.431. The maximum absolute atomic E-state index is 13.6. The van der Waals surface area contributed by atoms with Crippen molar-refractivity contribution in [2.45, 2.75) is 19.1 Å². The van der Waals surface area contributed by atoms with Crippen LogP contribution >= 0.6 is 15.9 Å². The normalized spacial score (nSPS) is 21.0. The van der Waals surface area contributed by atoms with E-state index < -0.39 is 0 Å². The van der Waals surface area contributed by atoms with Gasteiger partial charge in [-0.15, -0.1) is 0 Å². The van der Waals surface area contributed by atoms with Crippen LogP contribution < -0.4 is 5.32 Å². The summed E-state index contributed by atoms with van der Waals surface area (Å²) in [6.07, 6.45) is 0.123. The molecule has 1 aliphatic rings. The van der Waals surface area contributed by atoms with Crippen LogP contribution in [0.15, 0.2) is 28.7 Å². The predicted octanol–water partition coefficient (Wildman–Crippen LogP) is 3.27. The molecule has 22 heavy (non-hydrogen) atoms. The van der Waals surface area contributed by atoms with Gasteiger partial charge in [-0.2, -0.15) is 0 Å². The van der Waals surface area contributed by atoms with E-state index in [0.717, 1.165) is 30.9 Å². The number of aromatic nitrogens is 1. The molecule has 1 N–H and O–H groups in total. The van der Waals surface area contributed by atoms with E-state index in [-0.39, 0.29) is 18.0 Å². The van der Waals surface area contributed by atoms with Crippen molar-refractivity contribution in [3.63, 3.8) is 0 Å². The molecule has 2 aromatic rings. The summed E-state index contributed by atoms with van der Waals surface area (Å²) in [6, 6.07) is 7.17. The standard InChI is InChI=1S/C16H19BrFN3O/c1-10(15-9-21(2)5-6-22-15)19-16-4-3-11-7-12(17)13(18)8-14(11)20-16/h3-4,7-8,10,15H,5-6,9H2,1-2H3,(H,19,20). The maximum atomic E-state index is 13.6. The van der Waals surface area contributed by atoms with Crippen molar-refractivity contribution in [3.8, 4) is 0 Å². The topological polar surface area (TPSA) is 37.4 Å². The summed E-state index contributed by atoms with van der Waals surface area (Å²) in [5.41, 5.74) is 0.639. The molecule has 4 nitrogen and oxygen atoms in total. The molecule has 2 unspecified atom stereocenters. The first-order valence-corrected chi connectivity index (χ1v) is 8.15. The fourth-order valence-electron chi connectivity index (χ4n) is 2.64. The summed E-state index contributed by atoms with van der Waals surface area (Å²) in [7, 11) is 2.09. The number of hydrogen-bond acceptors (Lipinski definition) is 4. The first kappa shape index (κ1) is 15.6. The molecule has 0 spiro atoms. The highest BCUT2D eigenvalue weighted by atomic mass is 79.9. The van der Waals surface area contributed by atoms with Crippen molar-refractivity contribution < 1.29 is 9.13 Å². The van der Waals surface area contributed by atoms with Gasteiger partial charge in [0.15, 0.2) is 0 Å². The highest BCUT2D eigenvalue weighted by Crippen LogP contribution is 2.24. The number of ether oxygens (including phenoxy) is 1. The van der Waals surface area contributed by atoms with E-state index in [1.54, 1.807) is 6.07 Å². The Bertz CT molecular complexity index is 682. The van der Waals surface area contributed by atoms with E-state index in [0.29, 0.717) is 9.99 Å². The third kappa shape index (κ3) is 3.39. The summed E-state index contributed by atoms with van der Waals surface area (Å²) in [5, 5.41) is 4.26. The lowest BCUT2D eigenvalue weighted by atomic mass is 10.1. The molecule has 3 rings (SSSR count). The van der Waals surface area contributed by atoms with Gasteiger partial charge in [0.2, 0.25) is 0 Å². The highest BCUT2D eigenvalue weighted by molar-refractivity contribution is 9.10. The second-order valence-corrected chi connectivity index (χ2v) is 6.61. The van der Waals surface area contributed by atoms with Crippen molar-refractivity contribution in [2.75, 3.05) is 32.1 Å². The molecule has 0 radical (unpaired) electrons. The largest absolute Gasteiger partial charge is 0.373 e. The number of nitrogens with zero attached hydrogens (tertiary/aromatic N) is 2. The summed E-state index contributed by atoms with van der Waals surface area (Å²) >= 11 is 3.19. The Kier molecular flexibility index (Phi) is 4.61. The van der Waals surface area contributed by atoms with Crippen LogP contribution in [0.3, 0.4) is 0 Å². The highest BCUT2D eigenvalue weighted by Gasteiger charge is 2.23. The Morgan fingerprint density at radius 2 is 2.27 bits per heavy atom. The van der Waals surface area contributed by atoms with Gasteiger partial charge in [-0.3, -0.25) is 0 Å². The first-order chi connectivity index (χ1) is 10.5. The van der Waals surface area contributed by atoms with Gasteiger partial charge >= 0.3 is 0 Å². The average Bonchev–Trinajstić information content (AvgIpc) is 2.49. The number of hydrogen-bond donors (Lipinski definition) is 1. The minimum absolute atomic E-state index is 0.123. The monoisotopic (exact) mass is 367 g/mol. The minimum atomic E-state index is -0.303. The van der Waals surface area contributed by atoms with Gasteiger partial charge in [0.1, 0.15) is 11.6 Å². The molecular weight excluding hydrogens is 349 g/mol. The van der Waals surface area contributed by atoms with Crippen LogP contribution in [-0.2, 0) is 4.74 Å². The van der Waals surface area contributed by atoms with E-state index in [1.165, 1.54) is 6.07 Å². The quantitative estimate of drug-likeness (QED) is 0.903. The van der Waals surface area contributed by atoms with E-state index in [1.807, 2.05) is 12.1 Å². The van der Waals surface area contributed by atoms with Crippen molar-refractivity contribution in [2.24, 2.45) is 0 Å². The van der Waals surface area contributed by atoms with Crippen molar-refractivity contribution in [3.05, 3.63) is 34.6 Å². The lowest BCUT2D eigenvalue weighted by Crippen LogP contribution is -2.47. The van der Waals surface area contributed by atoms with E-state index >= 15 is 0 Å². The molecule has 1 aliphatic heterocycles. The molecule has 2 heterocycles. The van der Waals surface area contributed by atoms with Gasteiger partial charge in [0, 0.05) is 24.5 Å². The Morgan fingerprint density at radius 1 is 1.45 bits per heavy atom. The summed E-state index contributed by atoms with van der Waals surface area (Å²) in [4.78, 5) is 6.75. The van der Waals surface area contributed by atoms with Gasteiger partial charge in [-0.05, 0) is 48.1 Å². The zero-order chi connectivity index (χ0) is 15.7. The number of pyridine rings is 1. The first-order valence-electron chi connectivity index (χ1n) is 7.35. The zero-order valence-corrected chi connectivity index (χ0v) is 14.2. The van der Waals surface area contributed by atoms with Crippen LogP contribution in [-0.4, -0.2) is 48.8 Å². The molecule has 118 valence electrons. The van der Waals surface area contributed by atoms with Crippen LogP contribution in [0.25, 0.3) is 10.9 Å². The van der Waals surface area contributed by atoms with Gasteiger partial charge < -0.3 is 15.0 Å². The Morgan fingerprint density at radius 3 is 3.05 bits per heavy atom. The van der Waals surface area contributed by atoms with Crippen molar-refractivity contribution in [1.82, 2.24) is 9.88 Å². The minimum Gasteiger partial charge on any atom is -0.373 e. The molecule has 0 aliphatic carbocycles. The molecule has 0 amide bonds. The number of rotatable bonds is 3. The lowest BCUT2D eigenvalue weighted by molar-refractivity contribution is -0.0259. The molecule has 0 bridgehead atoms. The third-order valence-electron chi connectivity index (χ3n) is 3.96. The average molecular weight is 368 g/mol. The molecule has 1 saturated heterocycles.